The van der Waals surface area contributed by atoms with Crippen molar-refractivity contribution in [2.45, 2.75) is 36.0 Å². The lowest BCUT2D eigenvalue weighted by Crippen LogP contribution is -2.23. The van der Waals surface area contributed by atoms with E-state index in [-0.39, 0.29) is 11.3 Å². The molecule has 2 rings (SSSR count). The predicted octanol–water partition coefficient (Wildman–Crippen LogP) is 1.98. The molecule has 0 aromatic heterocycles. The van der Waals surface area contributed by atoms with Gasteiger partial charge in [0.1, 0.15) is 5.75 Å². The van der Waals surface area contributed by atoms with Crippen LogP contribution >= 0.6 is 0 Å². The Bertz CT molecular complexity index is 419. The number of nitrogens with two attached hydrogens (primary N) is 1. The number of hydrogen-bond donors (Lipinski definition) is 1. The Morgan fingerprint density at radius 3 is 2.88 bits per heavy atom. The molecular formula is C12H17NO2S. The highest BCUT2D eigenvalue weighted by Gasteiger charge is 2.37. The second-order valence-corrected chi connectivity index (χ2v) is 5.64. The SMILES string of the molecule is CCCC1C(N)c2cccc(OC)c2S1=O. The zero-order valence-corrected chi connectivity index (χ0v) is 10.4. The van der Waals surface area contributed by atoms with Crippen molar-refractivity contribution in [3.05, 3.63) is 23.8 Å². The first-order valence-corrected chi connectivity index (χ1v) is 6.75. The van der Waals surface area contributed by atoms with Crippen molar-refractivity contribution >= 4 is 10.8 Å². The molecule has 0 spiro atoms. The van der Waals surface area contributed by atoms with E-state index in [1.807, 2.05) is 18.2 Å². The first kappa shape index (κ1) is 11.6. The third kappa shape index (κ3) is 1.66. The van der Waals surface area contributed by atoms with Crippen molar-refractivity contribution < 1.29 is 8.95 Å². The third-order valence-corrected chi connectivity index (χ3v) is 4.96. The van der Waals surface area contributed by atoms with E-state index in [1.54, 1.807) is 7.11 Å². The summed E-state index contributed by atoms with van der Waals surface area (Å²) >= 11 is 0. The molecular weight excluding hydrogens is 222 g/mol. The lowest BCUT2D eigenvalue weighted by molar-refractivity contribution is 0.403. The summed E-state index contributed by atoms with van der Waals surface area (Å²) in [6, 6.07) is 5.59. The molecule has 1 aromatic carbocycles. The molecule has 1 aromatic rings. The molecule has 3 unspecified atom stereocenters. The fraction of sp³-hybridized carbons (Fsp3) is 0.500. The Morgan fingerprint density at radius 1 is 1.50 bits per heavy atom. The molecule has 88 valence electrons. The summed E-state index contributed by atoms with van der Waals surface area (Å²) in [6.45, 7) is 2.09. The van der Waals surface area contributed by atoms with Crippen molar-refractivity contribution in [3.63, 3.8) is 0 Å². The van der Waals surface area contributed by atoms with Crippen LogP contribution in [0.5, 0.6) is 5.75 Å². The molecule has 0 amide bonds. The molecule has 2 N–H and O–H groups in total. The van der Waals surface area contributed by atoms with Crippen LogP contribution in [0.25, 0.3) is 0 Å². The van der Waals surface area contributed by atoms with Gasteiger partial charge in [0, 0.05) is 6.04 Å². The van der Waals surface area contributed by atoms with Crippen LogP contribution in [0.2, 0.25) is 0 Å². The zero-order chi connectivity index (χ0) is 11.7. The fourth-order valence-electron chi connectivity index (χ4n) is 2.23. The Labute approximate surface area is 98.4 Å². The first-order chi connectivity index (χ1) is 7.70. The maximum absolute atomic E-state index is 12.3. The van der Waals surface area contributed by atoms with Gasteiger partial charge in [-0.05, 0) is 18.1 Å². The summed E-state index contributed by atoms with van der Waals surface area (Å²) in [5, 5.41) is 0.0382. The van der Waals surface area contributed by atoms with Crippen molar-refractivity contribution in [1.29, 1.82) is 0 Å². The van der Waals surface area contributed by atoms with Gasteiger partial charge in [0.2, 0.25) is 0 Å². The number of fused-ring (bicyclic) bond motifs is 1. The van der Waals surface area contributed by atoms with E-state index in [9.17, 15) is 4.21 Å². The Kier molecular flexibility index (Phi) is 3.30. The van der Waals surface area contributed by atoms with E-state index in [1.165, 1.54) is 0 Å². The molecule has 1 aliphatic rings. The lowest BCUT2D eigenvalue weighted by Gasteiger charge is -2.12. The number of rotatable bonds is 3. The highest BCUT2D eigenvalue weighted by Crippen LogP contribution is 2.41. The standard InChI is InChI=1S/C12H17NO2S/c1-3-5-10-11(13)8-6-4-7-9(15-2)12(8)16(10)14/h4,6-7,10-11H,3,5,13H2,1-2H3. The summed E-state index contributed by atoms with van der Waals surface area (Å²) in [4.78, 5) is 0.802. The summed E-state index contributed by atoms with van der Waals surface area (Å²) in [5.41, 5.74) is 7.12. The lowest BCUT2D eigenvalue weighted by atomic mass is 10.0. The second kappa shape index (κ2) is 4.55. The average molecular weight is 239 g/mol. The van der Waals surface area contributed by atoms with Gasteiger partial charge >= 0.3 is 0 Å². The molecule has 0 bridgehead atoms. The van der Waals surface area contributed by atoms with E-state index in [4.69, 9.17) is 10.5 Å². The van der Waals surface area contributed by atoms with Crippen LogP contribution in [-0.2, 0) is 10.8 Å². The number of ether oxygens (including phenoxy) is 1. The molecule has 0 saturated heterocycles. The molecule has 0 aliphatic carbocycles. The highest BCUT2D eigenvalue weighted by atomic mass is 32.2. The molecule has 3 nitrogen and oxygen atoms in total. The number of methoxy groups -OCH3 is 1. The minimum Gasteiger partial charge on any atom is -0.495 e. The maximum Gasteiger partial charge on any atom is 0.135 e. The number of benzene rings is 1. The van der Waals surface area contributed by atoms with Crippen molar-refractivity contribution in [1.82, 2.24) is 0 Å². The van der Waals surface area contributed by atoms with Gasteiger partial charge in [-0.2, -0.15) is 0 Å². The van der Waals surface area contributed by atoms with E-state index in [2.05, 4.69) is 6.92 Å². The summed E-state index contributed by atoms with van der Waals surface area (Å²) in [6.07, 6.45) is 1.89. The smallest absolute Gasteiger partial charge is 0.135 e. The monoisotopic (exact) mass is 239 g/mol. The first-order valence-electron chi connectivity index (χ1n) is 5.53. The second-order valence-electron chi connectivity index (χ2n) is 4.03. The van der Waals surface area contributed by atoms with E-state index in [0.29, 0.717) is 5.75 Å². The van der Waals surface area contributed by atoms with Crippen LogP contribution in [0.3, 0.4) is 0 Å². The van der Waals surface area contributed by atoms with E-state index >= 15 is 0 Å². The molecule has 1 heterocycles. The van der Waals surface area contributed by atoms with E-state index in [0.717, 1.165) is 23.3 Å². The van der Waals surface area contributed by atoms with Crippen LogP contribution in [0.1, 0.15) is 31.4 Å². The number of hydrogen-bond acceptors (Lipinski definition) is 3. The third-order valence-electron chi connectivity index (χ3n) is 3.04. The van der Waals surface area contributed by atoms with Gasteiger partial charge in [0.15, 0.2) is 0 Å². The van der Waals surface area contributed by atoms with Gasteiger partial charge in [-0.1, -0.05) is 25.5 Å². The molecule has 4 heteroatoms. The maximum atomic E-state index is 12.3. The van der Waals surface area contributed by atoms with Gasteiger partial charge in [0.25, 0.3) is 0 Å². The van der Waals surface area contributed by atoms with Crippen LogP contribution < -0.4 is 10.5 Å². The van der Waals surface area contributed by atoms with Crippen LogP contribution in [-0.4, -0.2) is 16.6 Å². The van der Waals surface area contributed by atoms with Crippen LogP contribution in [0.4, 0.5) is 0 Å². The van der Waals surface area contributed by atoms with Gasteiger partial charge < -0.3 is 10.5 Å². The normalized spacial score (nSPS) is 27.8. The zero-order valence-electron chi connectivity index (χ0n) is 9.60. The molecule has 16 heavy (non-hydrogen) atoms. The van der Waals surface area contributed by atoms with Gasteiger partial charge in [-0.15, -0.1) is 0 Å². The van der Waals surface area contributed by atoms with Crippen LogP contribution in [0.15, 0.2) is 23.1 Å². The molecule has 0 saturated carbocycles. The van der Waals surface area contributed by atoms with E-state index < -0.39 is 10.8 Å². The topological polar surface area (TPSA) is 52.3 Å². The molecule has 1 aliphatic heterocycles. The molecule has 3 atom stereocenters. The van der Waals surface area contributed by atoms with Gasteiger partial charge in [-0.3, -0.25) is 4.21 Å². The van der Waals surface area contributed by atoms with Gasteiger partial charge in [-0.25, -0.2) is 0 Å². The minimum atomic E-state index is -1.03. The Morgan fingerprint density at radius 2 is 2.25 bits per heavy atom. The largest absolute Gasteiger partial charge is 0.495 e. The Balaban J connectivity index is 2.46. The van der Waals surface area contributed by atoms with Crippen molar-refractivity contribution in [3.8, 4) is 5.75 Å². The summed E-state index contributed by atoms with van der Waals surface area (Å²) < 4.78 is 17.6. The van der Waals surface area contributed by atoms with Gasteiger partial charge in [0.05, 0.1) is 28.1 Å². The summed E-state index contributed by atoms with van der Waals surface area (Å²) in [5.74, 6) is 0.699. The average Bonchev–Trinajstić information content (AvgIpc) is 2.55. The summed E-state index contributed by atoms with van der Waals surface area (Å²) in [7, 11) is 0.576. The molecule has 0 radical (unpaired) electrons. The van der Waals surface area contributed by atoms with Crippen molar-refractivity contribution in [2.24, 2.45) is 5.73 Å². The Hall–Kier alpha value is -0.870. The van der Waals surface area contributed by atoms with Crippen LogP contribution in [0, 0.1) is 0 Å². The predicted molar refractivity (Wildman–Crippen MR) is 65.0 cm³/mol. The fourth-order valence-corrected chi connectivity index (χ4v) is 4.18. The highest BCUT2D eigenvalue weighted by molar-refractivity contribution is 7.86. The minimum absolute atomic E-state index is 0.0382. The molecule has 0 fully saturated rings. The van der Waals surface area contributed by atoms with Crippen molar-refractivity contribution in [2.75, 3.05) is 7.11 Å². The quantitative estimate of drug-likeness (QED) is 0.877.